The predicted octanol–water partition coefficient (Wildman–Crippen LogP) is 1.34. The van der Waals surface area contributed by atoms with E-state index in [0.29, 0.717) is 32.9 Å². The molecule has 0 N–H and O–H groups in total. The molecule has 6 nitrogen and oxygen atoms in total. The van der Waals surface area contributed by atoms with Crippen molar-refractivity contribution in [1.82, 2.24) is 4.90 Å². The van der Waals surface area contributed by atoms with E-state index in [1.165, 1.54) is 0 Å². The van der Waals surface area contributed by atoms with E-state index in [0.717, 1.165) is 18.0 Å². The number of hydrogen-bond donors (Lipinski definition) is 0. The minimum absolute atomic E-state index is 0.0608. The summed E-state index contributed by atoms with van der Waals surface area (Å²) < 4.78 is 21.5. The maximum Gasteiger partial charge on any atom is 0.320 e. The summed E-state index contributed by atoms with van der Waals surface area (Å²) in [6.07, 6.45) is -0.0608. The molecule has 6 heteroatoms. The fourth-order valence-corrected chi connectivity index (χ4v) is 2.29. The summed E-state index contributed by atoms with van der Waals surface area (Å²) in [5.41, 5.74) is 0. The number of rotatable bonds is 7. The Kier molecular flexibility index (Phi) is 6.48. The van der Waals surface area contributed by atoms with Crippen LogP contribution in [0.5, 0.6) is 11.5 Å². The maximum atomic E-state index is 11.5. The molecule has 2 rings (SSSR count). The number of ether oxygens (including phenoxy) is 4. The lowest BCUT2D eigenvalue weighted by atomic mass is 10.2. The summed E-state index contributed by atoms with van der Waals surface area (Å²) >= 11 is 0. The van der Waals surface area contributed by atoms with Crippen molar-refractivity contribution in [3.8, 4) is 11.5 Å². The Balaban J connectivity index is 1.78. The first-order chi connectivity index (χ1) is 10.7. The van der Waals surface area contributed by atoms with Crippen LogP contribution in [0.25, 0.3) is 0 Å². The topological polar surface area (TPSA) is 57.2 Å². The third-order valence-electron chi connectivity index (χ3n) is 3.36. The van der Waals surface area contributed by atoms with Gasteiger partial charge in [-0.05, 0) is 19.1 Å². The zero-order valence-electron chi connectivity index (χ0n) is 13.1. The van der Waals surface area contributed by atoms with Gasteiger partial charge in [0.1, 0.15) is 24.2 Å². The van der Waals surface area contributed by atoms with Crippen LogP contribution >= 0.6 is 0 Å². The lowest BCUT2D eigenvalue weighted by Crippen LogP contribution is -2.47. The Morgan fingerprint density at radius 1 is 1.41 bits per heavy atom. The second-order valence-corrected chi connectivity index (χ2v) is 5.02. The van der Waals surface area contributed by atoms with Crippen LogP contribution in [0.4, 0.5) is 0 Å². The first-order valence-corrected chi connectivity index (χ1v) is 7.47. The van der Waals surface area contributed by atoms with Gasteiger partial charge in [0.25, 0.3) is 0 Å². The summed E-state index contributed by atoms with van der Waals surface area (Å²) in [6.45, 7) is 4.93. The molecular weight excluding hydrogens is 286 g/mol. The molecule has 1 fully saturated rings. The molecule has 1 aromatic carbocycles. The molecule has 0 unspecified atom stereocenters. The first kappa shape index (κ1) is 16.6. The highest BCUT2D eigenvalue weighted by molar-refractivity contribution is 5.71. The summed E-state index contributed by atoms with van der Waals surface area (Å²) in [4.78, 5) is 13.5. The molecule has 1 heterocycles. The Labute approximate surface area is 130 Å². The molecule has 1 saturated heterocycles. The van der Waals surface area contributed by atoms with Gasteiger partial charge in [-0.15, -0.1) is 0 Å². The van der Waals surface area contributed by atoms with Crippen LogP contribution in [0, 0.1) is 0 Å². The lowest BCUT2D eigenvalue weighted by Gasteiger charge is -2.32. The molecule has 1 atom stereocenters. The van der Waals surface area contributed by atoms with Gasteiger partial charge in [-0.2, -0.15) is 0 Å². The summed E-state index contributed by atoms with van der Waals surface area (Å²) in [7, 11) is 1.62. The molecule has 0 radical (unpaired) electrons. The van der Waals surface area contributed by atoms with E-state index in [-0.39, 0.29) is 12.1 Å². The molecule has 0 aromatic heterocycles. The minimum Gasteiger partial charge on any atom is -0.497 e. The van der Waals surface area contributed by atoms with Gasteiger partial charge in [0, 0.05) is 19.2 Å². The van der Waals surface area contributed by atoms with E-state index in [9.17, 15) is 4.79 Å². The second kappa shape index (κ2) is 8.60. The Bertz CT molecular complexity index is 479. The number of esters is 1. The monoisotopic (exact) mass is 309 g/mol. The zero-order chi connectivity index (χ0) is 15.8. The average molecular weight is 309 g/mol. The van der Waals surface area contributed by atoms with Crippen molar-refractivity contribution < 1.29 is 23.7 Å². The number of hydrogen-bond acceptors (Lipinski definition) is 6. The van der Waals surface area contributed by atoms with Crippen molar-refractivity contribution in [3.63, 3.8) is 0 Å². The molecule has 0 bridgehead atoms. The highest BCUT2D eigenvalue weighted by Crippen LogP contribution is 2.19. The van der Waals surface area contributed by atoms with Crippen molar-refractivity contribution >= 4 is 5.97 Å². The number of methoxy groups -OCH3 is 1. The van der Waals surface area contributed by atoms with E-state index >= 15 is 0 Å². The first-order valence-electron chi connectivity index (χ1n) is 7.47. The predicted molar refractivity (Wildman–Crippen MR) is 81.3 cm³/mol. The number of morpholine rings is 1. The second-order valence-electron chi connectivity index (χ2n) is 5.02. The number of benzene rings is 1. The molecule has 1 aromatic rings. The number of carbonyl (C=O) groups is 1. The fraction of sp³-hybridized carbons (Fsp3) is 0.562. The van der Waals surface area contributed by atoms with Crippen LogP contribution in [0.15, 0.2) is 24.3 Å². The van der Waals surface area contributed by atoms with Crippen LogP contribution in [0.3, 0.4) is 0 Å². The Hall–Kier alpha value is -1.79. The standard InChI is InChI=1S/C16H23NO5/c1-3-20-16(18)11-17-7-8-21-15(10-17)12-22-14-6-4-5-13(9-14)19-2/h4-6,9,15H,3,7-8,10-12H2,1-2H3/t15-/m0/s1. The van der Waals surface area contributed by atoms with E-state index in [2.05, 4.69) is 0 Å². The van der Waals surface area contributed by atoms with Gasteiger partial charge in [-0.3, -0.25) is 9.69 Å². The van der Waals surface area contributed by atoms with Gasteiger partial charge in [-0.1, -0.05) is 6.07 Å². The molecule has 0 spiro atoms. The largest absolute Gasteiger partial charge is 0.497 e. The van der Waals surface area contributed by atoms with E-state index in [1.54, 1.807) is 7.11 Å². The Morgan fingerprint density at radius 2 is 2.23 bits per heavy atom. The van der Waals surface area contributed by atoms with Crippen LogP contribution in [0.2, 0.25) is 0 Å². The van der Waals surface area contributed by atoms with Gasteiger partial charge in [0.05, 0.1) is 26.9 Å². The SMILES string of the molecule is CCOC(=O)CN1CCO[C@H](COc2cccc(OC)c2)C1. The van der Waals surface area contributed by atoms with Crippen molar-refractivity contribution in [2.75, 3.05) is 46.6 Å². The average Bonchev–Trinajstić information content (AvgIpc) is 2.54. The number of nitrogens with zero attached hydrogens (tertiary/aromatic N) is 1. The van der Waals surface area contributed by atoms with Crippen molar-refractivity contribution in [1.29, 1.82) is 0 Å². The molecule has 1 aliphatic rings. The maximum absolute atomic E-state index is 11.5. The summed E-state index contributed by atoms with van der Waals surface area (Å²) in [5, 5.41) is 0. The third-order valence-corrected chi connectivity index (χ3v) is 3.36. The zero-order valence-corrected chi connectivity index (χ0v) is 13.1. The van der Waals surface area contributed by atoms with Gasteiger partial charge in [-0.25, -0.2) is 0 Å². The van der Waals surface area contributed by atoms with Gasteiger partial charge >= 0.3 is 5.97 Å². The van der Waals surface area contributed by atoms with Gasteiger partial charge < -0.3 is 18.9 Å². The summed E-state index contributed by atoms with van der Waals surface area (Å²) in [6, 6.07) is 7.45. The molecule has 0 saturated carbocycles. The number of carbonyl (C=O) groups excluding carboxylic acids is 1. The van der Waals surface area contributed by atoms with Crippen LogP contribution in [-0.2, 0) is 14.3 Å². The van der Waals surface area contributed by atoms with Gasteiger partial charge in [0.15, 0.2) is 0 Å². The summed E-state index contributed by atoms with van der Waals surface area (Å²) in [5.74, 6) is 1.30. The molecule has 122 valence electrons. The highest BCUT2D eigenvalue weighted by atomic mass is 16.5. The quantitative estimate of drug-likeness (QED) is 0.709. The van der Waals surface area contributed by atoms with Crippen molar-refractivity contribution in [3.05, 3.63) is 24.3 Å². The van der Waals surface area contributed by atoms with Crippen molar-refractivity contribution in [2.24, 2.45) is 0 Å². The van der Waals surface area contributed by atoms with Crippen LogP contribution in [0.1, 0.15) is 6.92 Å². The van der Waals surface area contributed by atoms with E-state index in [1.807, 2.05) is 36.1 Å². The Morgan fingerprint density at radius 3 is 3.00 bits per heavy atom. The highest BCUT2D eigenvalue weighted by Gasteiger charge is 2.23. The normalized spacial score (nSPS) is 18.7. The van der Waals surface area contributed by atoms with Crippen LogP contribution < -0.4 is 9.47 Å². The van der Waals surface area contributed by atoms with Crippen LogP contribution in [-0.4, -0.2) is 63.5 Å². The fourth-order valence-electron chi connectivity index (χ4n) is 2.29. The molecule has 0 amide bonds. The lowest BCUT2D eigenvalue weighted by molar-refractivity contribution is -0.146. The van der Waals surface area contributed by atoms with Crippen molar-refractivity contribution in [2.45, 2.75) is 13.0 Å². The molecule has 1 aliphatic heterocycles. The van der Waals surface area contributed by atoms with E-state index < -0.39 is 0 Å². The smallest absolute Gasteiger partial charge is 0.320 e. The third kappa shape index (κ3) is 5.20. The van der Waals surface area contributed by atoms with Gasteiger partial charge in [0.2, 0.25) is 0 Å². The van der Waals surface area contributed by atoms with E-state index in [4.69, 9.17) is 18.9 Å². The minimum atomic E-state index is -0.197. The molecule has 0 aliphatic carbocycles. The molecular formula is C16H23NO5. The molecule has 22 heavy (non-hydrogen) atoms.